The lowest BCUT2D eigenvalue weighted by Crippen LogP contribution is -2.27. The van der Waals surface area contributed by atoms with Crippen LogP contribution < -0.4 is 5.32 Å². The maximum Gasteiger partial charge on any atom is 0.230 e. The van der Waals surface area contributed by atoms with Crippen molar-refractivity contribution in [2.75, 3.05) is 12.3 Å². The Hall–Kier alpha value is -2.60. The molecule has 4 rings (SSSR count). The van der Waals surface area contributed by atoms with Crippen molar-refractivity contribution in [3.05, 3.63) is 77.6 Å². The van der Waals surface area contributed by atoms with E-state index in [9.17, 15) is 4.79 Å². The number of hydrogen-bond donors (Lipinski definition) is 1. The molecule has 3 aromatic rings. The van der Waals surface area contributed by atoms with Crippen molar-refractivity contribution in [1.29, 1.82) is 0 Å². The lowest BCUT2D eigenvalue weighted by Gasteiger charge is -2.08. The summed E-state index contributed by atoms with van der Waals surface area (Å²) in [5, 5.41) is 12.7. The average Bonchev–Trinajstić information content (AvgIpc) is 3.46. The van der Waals surface area contributed by atoms with Gasteiger partial charge >= 0.3 is 0 Å². The van der Waals surface area contributed by atoms with Crippen LogP contribution in [-0.4, -0.2) is 33.0 Å². The van der Waals surface area contributed by atoms with Crippen LogP contribution in [0.1, 0.15) is 42.1 Å². The summed E-state index contributed by atoms with van der Waals surface area (Å²) in [5.41, 5.74) is 2.60. The van der Waals surface area contributed by atoms with Gasteiger partial charge in [-0.2, -0.15) is 0 Å². The molecule has 1 fully saturated rings. The Morgan fingerprint density at radius 1 is 1.07 bits per heavy atom. The van der Waals surface area contributed by atoms with Gasteiger partial charge < -0.3 is 9.88 Å². The third kappa shape index (κ3) is 4.88. The number of thioether (sulfide) groups is 1. The van der Waals surface area contributed by atoms with Gasteiger partial charge in [0.1, 0.15) is 5.82 Å². The van der Waals surface area contributed by atoms with Gasteiger partial charge in [-0.1, -0.05) is 72.4 Å². The van der Waals surface area contributed by atoms with Gasteiger partial charge in [0.2, 0.25) is 5.91 Å². The van der Waals surface area contributed by atoms with Gasteiger partial charge in [-0.05, 0) is 36.8 Å². The second-order valence-corrected chi connectivity index (χ2v) is 8.26. The van der Waals surface area contributed by atoms with Crippen molar-refractivity contribution in [3.63, 3.8) is 0 Å². The highest BCUT2D eigenvalue weighted by Gasteiger charge is 2.43. The molecule has 6 heteroatoms. The zero-order valence-electron chi connectivity index (χ0n) is 16.6. The minimum atomic E-state index is 0.0340. The normalized spacial score (nSPS) is 17.8. The lowest BCUT2D eigenvalue weighted by molar-refractivity contribution is -0.118. The van der Waals surface area contributed by atoms with Crippen LogP contribution in [0.3, 0.4) is 0 Å². The van der Waals surface area contributed by atoms with Crippen LogP contribution in [0, 0.1) is 0 Å². The minimum absolute atomic E-state index is 0.0340. The minimum Gasteiger partial charge on any atom is -0.355 e. The van der Waals surface area contributed by atoms with Crippen molar-refractivity contribution in [1.82, 2.24) is 20.1 Å². The zero-order chi connectivity index (χ0) is 20.1. The van der Waals surface area contributed by atoms with E-state index < -0.39 is 0 Å². The third-order valence-corrected chi connectivity index (χ3v) is 6.29. The highest BCUT2D eigenvalue weighted by atomic mass is 32.2. The number of carbonyl (C=O) groups excluding carboxylic acids is 1. The first-order chi connectivity index (χ1) is 14.3. The summed E-state index contributed by atoms with van der Waals surface area (Å²) in [6.07, 6.45) is 1.96. The first kappa shape index (κ1) is 19.7. The van der Waals surface area contributed by atoms with E-state index in [1.165, 1.54) is 22.9 Å². The van der Waals surface area contributed by atoms with E-state index in [2.05, 4.69) is 69.5 Å². The molecule has 0 aliphatic heterocycles. The molecule has 29 heavy (non-hydrogen) atoms. The highest BCUT2D eigenvalue weighted by molar-refractivity contribution is 7.99. The summed E-state index contributed by atoms with van der Waals surface area (Å²) in [6.45, 7) is 3.57. The molecular weight excluding hydrogens is 380 g/mol. The van der Waals surface area contributed by atoms with E-state index in [1.54, 1.807) is 0 Å². The van der Waals surface area contributed by atoms with Crippen LogP contribution >= 0.6 is 11.8 Å². The number of carbonyl (C=O) groups is 1. The summed E-state index contributed by atoms with van der Waals surface area (Å²) < 4.78 is 2.16. The molecule has 0 radical (unpaired) electrons. The molecule has 1 aliphatic carbocycles. The van der Waals surface area contributed by atoms with Gasteiger partial charge in [-0.25, -0.2) is 0 Å². The van der Waals surface area contributed by atoms with Gasteiger partial charge in [-0.3, -0.25) is 4.79 Å². The number of benzene rings is 2. The molecule has 0 bridgehead atoms. The first-order valence-electron chi connectivity index (χ1n) is 10.2. The molecular formula is C23H26N4OS. The van der Waals surface area contributed by atoms with Crippen molar-refractivity contribution in [2.24, 2.45) is 0 Å². The second kappa shape index (κ2) is 9.27. The third-order valence-electron chi connectivity index (χ3n) is 5.32. The molecule has 1 heterocycles. The fraction of sp³-hybridized carbons (Fsp3) is 0.348. The number of aromatic nitrogens is 3. The van der Waals surface area contributed by atoms with E-state index in [-0.39, 0.29) is 5.91 Å². The van der Waals surface area contributed by atoms with Gasteiger partial charge in [0.05, 0.1) is 5.75 Å². The maximum absolute atomic E-state index is 12.2. The quantitative estimate of drug-likeness (QED) is 0.545. The van der Waals surface area contributed by atoms with Gasteiger partial charge in [0.25, 0.3) is 0 Å². The molecule has 1 amide bonds. The molecule has 1 aromatic heterocycles. The standard InChI is InChI=1S/C23H26N4OS/c1-2-27-22(20-15-19(20)18-11-7-4-8-12-18)25-26-23(27)29-16-21(28)24-14-13-17-9-5-3-6-10-17/h3-12,19-20H,2,13-16H2,1H3,(H,24,28). The van der Waals surface area contributed by atoms with Crippen molar-refractivity contribution in [2.45, 2.75) is 43.3 Å². The highest BCUT2D eigenvalue weighted by Crippen LogP contribution is 2.54. The first-order valence-corrected chi connectivity index (χ1v) is 11.2. The van der Waals surface area contributed by atoms with Gasteiger partial charge in [-0.15, -0.1) is 10.2 Å². The molecule has 2 aromatic carbocycles. The molecule has 1 aliphatic rings. The van der Waals surface area contributed by atoms with Crippen molar-refractivity contribution >= 4 is 17.7 Å². The lowest BCUT2D eigenvalue weighted by atomic mass is 10.1. The van der Waals surface area contributed by atoms with Crippen LogP contribution in [0.15, 0.2) is 65.8 Å². The molecule has 1 N–H and O–H groups in total. The summed E-state index contributed by atoms with van der Waals surface area (Å²) in [4.78, 5) is 12.2. The smallest absolute Gasteiger partial charge is 0.230 e. The van der Waals surface area contributed by atoms with E-state index in [4.69, 9.17) is 0 Å². The Morgan fingerprint density at radius 2 is 1.79 bits per heavy atom. The number of nitrogens with one attached hydrogen (secondary N) is 1. The largest absolute Gasteiger partial charge is 0.355 e. The second-order valence-electron chi connectivity index (χ2n) is 7.32. The molecule has 5 nitrogen and oxygen atoms in total. The number of amides is 1. The maximum atomic E-state index is 12.2. The summed E-state index contributed by atoms with van der Waals surface area (Å²) in [5.74, 6) is 2.41. The van der Waals surface area contributed by atoms with E-state index >= 15 is 0 Å². The Labute approximate surface area is 175 Å². The fourth-order valence-corrected chi connectivity index (χ4v) is 4.54. The SMILES string of the molecule is CCn1c(SCC(=O)NCCc2ccccc2)nnc1C1CC1c1ccccc1. The van der Waals surface area contributed by atoms with Crippen LogP contribution in [0.5, 0.6) is 0 Å². The molecule has 1 saturated carbocycles. The van der Waals surface area contributed by atoms with Crippen LogP contribution in [-0.2, 0) is 17.8 Å². The van der Waals surface area contributed by atoms with Crippen LogP contribution in [0.25, 0.3) is 0 Å². The van der Waals surface area contributed by atoms with E-state index in [0.717, 1.165) is 30.4 Å². The topological polar surface area (TPSA) is 59.8 Å². The summed E-state index contributed by atoms with van der Waals surface area (Å²) in [7, 11) is 0. The number of hydrogen-bond acceptors (Lipinski definition) is 4. The molecule has 2 unspecified atom stereocenters. The van der Waals surface area contributed by atoms with Gasteiger partial charge in [0.15, 0.2) is 5.16 Å². The average molecular weight is 407 g/mol. The summed E-state index contributed by atoms with van der Waals surface area (Å²) in [6, 6.07) is 20.8. The van der Waals surface area contributed by atoms with Crippen LogP contribution in [0.4, 0.5) is 0 Å². The summed E-state index contributed by atoms with van der Waals surface area (Å²) >= 11 is 1.47. The number of nitrogens with zero attached hydrogens (tertiary/aromatic N) is 3. The zero-order valence-corrected chi connectivity index (χ0v) is 17.4. The Bertz CT molecular complexity index is 942. The predicted molar refractivity (Wildman–Crippen MR) is 116 cm³/mol. The monoisotopic (exact) mass is 406 g/mol. The van der Waals surface area contributed by atoms with E-state index in [0.29, 0.717) is 24.1 Å². The van der Waals surface area contributed by atoms with Crippen molar-refractivity contribution < 1.29 is 4.79 Å². The molecule has 0 saturated heterocycles. The van der Waals surface area contributed by atoms with E-state index in [1.807, 2.05) is 18.2 Å². The molecule has 150 valence electrons. The number of rotatable bonds is 9. The van der Waals surface area contributed by atoms with Gasteiger partial charge in [0, 0.05) is 19.0 Å². The Kier molecular flexibility index (Phi) is 6.30. The Morgan fingerprint density at radius 3 is 2.52 bits per heavy atom. The molecule has 2 atom stereocenters. The van der Waals surface area contributed by atoms with Crippen molar-refractivity contribution in [3.8, 4) is 0 Å². The fourth-order valence-electron chi connectivity index (χ4n) is 3.70. The Balaban J connectivity index is 1.29. The molecule has 0 spiro atoms. The van der Waals surface area contributed by atoms with Crippen LogP contribution in [0.2, 0.25) is 0 Å². The predicted octanol–water partition coefficient (Wildman–Crippen LogP) is 4.02.